The van der Waals surface area contributed by atoms with E-state index in [1.165, 1.54) is 89.9 Å². The average Bonchev–Trinajstić information content (AvgIpc) is 3.11. The average molecular weight is 742 g/mol. The number of phosphoric ester groups is 1. The van der Waals surface area contributed by atoms with E-state index in [0.717, 1.165) is 70.6 Å². The first kappa shape index (κ1) is 49.5. The predicted molar refractivity (Wildman–Crippen MR) is 210 cm³/mol. The minimum absolute atomic E-state index is 0.00561. The van der Waals surface area contributed by atoms with Crippen LogP contribution in [0.3, 0.4) is 0 Å². The van der Waals surface area contributed by atoms with Crippen molar-refractivity contribution in [1.82, 2.24) is 0 Å². The molecule has 0 aliphatic carbocycles. The standard InChI is InChI=1S/C42H79O8P/c1-4-7-9-11-13-15-17-19-21-23-25-27-29-31-33-35-41(43)47-38-40(39-49-51(45,46)48-37-6-3)50-42(44)36-34-32-30-28-26-24-22-20-18-16-14-12-10-8-5-2/h19-22,40H,4-18,23-39H2,1-3H3,(H,45,46)/p-1/b21-19-,22-20-/t40-/m1/s1. The van der Waals surface area contributed by atoms with E-state index in [1.807, 2.05) is 0 Å². The summed E-state index contributed by atoms with van der Waals surface area (Å²) in [7, 11) is -4.54. The molecule has 9 heteroatoms. The van der Waals surface area contributed by atoms with E-state index in [1.54, 1.807) is 6.92 Å². The zero-order chi connectivity index (χ0) is 37.5. The van der Waals surface area contributed by atoms with Crippen LogP contribution >= 0.6 is 7.82 Å². The lowest BCUT2D eigenvalue weighted by molar-refractivity contribution is -0.228. The Labute approximate surface area is 313 Å². The van der Waals surface area contributed by atoms with Crippen molar-refractivity contribution in [2.45, 2.75) is 213 Å². The molecule has 0 N–H and O–H groups in total. The van der Waals surface area contributed by atoms with Crippen LogP contribution in [-0.2, 0) is 32.7 Å². The monoisotopic (exact) mass is 742 g/mol. The molecule has 0 aromatic heterocycles. The SMILES string of the molecule is CCCCCCCC/C=C\CCCCCCCC(=O)OC[C@H](COP(=O)([O-])OCCC)OC(=O)CCCCCCC/C=C\CCCCCCCC. The fourth-order valence-corrected chi connectivity index (χ4v) is 6.54. The van der Waals surface area contributed by atoms with E-state index in [0.29, 0.717) is 12.8 Å². The van der Waals surface area contributed by atoms with Crippen molar-refractivity contribution in [2.24, 2.45) is 0 Å². The second-order valence-electron chi connectivity index (χ2n) is 14.0. The van der Waals surface area contributed by atoms with Crippen LogP contribution in [0.25, 0.3) is 0 Å². The number of allylic oxidation sites excluding steroid dienone is 4. The van der Waals surface area contributed by atoms with Crippen LogP contribution in [0.15, 0.2) is 24.3 Å². The summed E-state index contributed by atoms with van der Waals surface area (Å²) in [5, 5.41) is 0. The highest BCUT2D eigenvalue weighted by atomic mass is 31.2. The van der Waals surface area contributed by atoms with E-state index in [2.05, 4.69) is 38.2 Å². The topological polar surface area (TPSA) is 111 Å². The zero-order valence-electron chi connectivity index (χ0n) is 33.2. The summed E-state index contributed by atoms with van der Waals surface area (Å²) in [5.41, 5.74) is 0. The van der Waals surface area contributed by atoms with Gasteiger partial charge in [0, 0.05) is 12.8 Å². The maximum atomic E-state index is 12.5. The van der Waals surface area contributed by atoms with Gasteiger partial charge in [-0.1, -0.05) is 148 Å². The summed E-state index contributed by atoms with van der Waals surface area (Å²) in [5.74, 6) is -0.844. The summed E-state index contributed by atoms with van der Waals surface area (Å²) >= 11 is 0. The minimum atomic E-state index is -4.54. The third kappa shape index (κ3) is 38.1. The lowest BCUT2D eigenvalue weighted by Crippen LogP contribution is -2.30. The number of carbonyl (C=O) groups excluding carboxylic acids is 2. The fraction of sp³-hybridized carbons (Fsp3) is 0.857. The molecule has 0 aromatic carbocycles. The molecule has 0 fully saturated rings. The molecule has 0 aliphatic heterocycles. The lowest BCUT2D eigenvalue weighted by atomic mass is 10.1. The van der Waals surface area contributed by atoms with Gasteiger partial charge in [0.05, 0.1) is 13.2 Å². The summed E-state index contributed by atoms with van der Waals surface area (Å²) < 4.78 is 32.6. The number of hydrogen-bond donors (Lipinski definition) is 0. The Morgan fingerprint density at radius 1 is 0.510 bits per heavy atom. The third-order valence-corrected chi connectivity index (χ3v) is 9.85. The second-order valence-corrected chi connectivity index (χ2v) is 15.5. The Bertz CT molecular complexity index is 890. The highest BCUT2D eigenvalue weighted by Gasteiger charge is 2.21. The molecule has 0 saturated carbocycles. The molecule has 0 amide bonds. The Balaban J connectivity index is 4.20. The van der Waals surface area contributed by atoms with E-state index < -0.39 is 32.5 Å². The Morgan fingerprint density at radius 3 is 1.33 bits per heavy atom. The minimum Gasteiger partial charge on any atom is -0.756 e. The lowest BCUT2D eigenvalue weighted by Gasteiger charge is -2.25. The van der Waals surface area contributed by atoms with Crippen LogP contribution in [0.2, 0.25) is 0 Å². The van der Waals surface area contributed by atoms with Crippen LogP contribution in [-0.4, -0.2) is 37.9 Å². The zero-order valence-corrected chi connectivity index (χ0v) is 34.1. The van der Waals surface area contributed by atoms with Gasteiger partial charge in [0.15, 0.2) is 6.10 Å². The molecule has 0 rings (SSSR count). The molecule has 51 heavy (non-hydrogen) atoms. The van der Waals surface area contributed by atoms with Crippen molar-refractivity contribution >= 4 is 19.8 Å². The highest BCUT2D eigenvalue weighted by molar-refractivity contribution is 7.45. The molecule has 1 unspecified atom stereocenters. The number of unbranched alkanes of at least 4 members (excludes halogenated alkanes) is 22. The molecule has 0 saturated heterocycles. The summed E-state index contributed by atoms with van der Waals surface area (Å²) in [6.07, 6.45) is 39.7. The number of ether oxygens (including phenoxy) is 2. The van der Waals surface area contributed by atoms with Crippen LogP contribution in [0.4, 0.5) is 0 Å². The van der Waals surface area contributed by atoms with Gasteiger partial charge in [0.1, 0.15) is 6.61 Å². The van der Waals surface area contributed by atoms with E-state index in [4.69, 9.17) is 18.5 Å². The maximum Gasteiger partial charge on any atom is 0.306 e. The summed E-state index contributed by atoms with van der Waals surface area (Å²) in [4.78, 5) is 37.0. The molecule has 0 heterocycles. The number of carbonyl (C=O) groups is 2. The Hall–Kier alpha value is -1.47. The van der Waals surface area contributed by atoms with Gasteiger partial charge in [-0.3, -0.25) is 14.2 Å². The second kappa shape index (κ2) is 38.3. The van der Waals surface area contributed by atoms with Crippen LogP contribution < -0.4 is 4.89 Å². The number of hydrogen-bond acceptors (Lipinski definition) is 8. The normalized spacial score (nSPS) is 13.6. The van der Waals surface area contributed by atoms with Crippen molar-refractivity contribution in [2.75, 3.05) is 19.8 Å². The van der Waals surface area contributed by atoms with Gasteiger partial charge in [0.2, 0.25) is 0 Å². The van der Waals surface area contributed by atoms with Gasteiger partial charge >= 0.3 is 11.9 Å². The fourth-order valence-electron chi connectivity index (χ4n) is 5.71. The molecular weight excluding hydrogens is 663 g/mol. The molecular formula is C42H78O8P-. The van der Waals surface area contributed by atoms with Crippen molar-refractivity contribution in [3.05, 3.63) is 24.3 Å². The first-order valence-electron chi connectivity index (χ1n) is 21.1. The first-order valence-corrected chi connectivity index (χ1v) is 22.6. The van der Waals surface area contributed by atoms with Crippen molar-refractivity contribution < 1.29 is 37.6 Å². The van der Waals surface area contributed by atoms with Crippen LogP contribution in [0.1, 0.15) is 207 Å². The Kier molecular flexibility index (Phi) is 37.2. The number of phosphoric acid groups is 1. The maximum absolute atomic E-state index is 12.5. The number of esters is 2. The quantitative estimate of drug-likeness (QED) is 0.0265. The van der Waals surface area contributed by atoms with Crippen LogP contribution in [0, 0.1) is 0 Å². The highest BCUT2D eigenvalue weighted by Crippen LogP contribution is 2.38. The van der Waals surface area contributed by atoms with Gasteiger partial charge in [-0.2, -0.15) is 0 Å². The van der Waals surface area contributed by atoms with Gasteiger partial charge < -0.3 is 23.4 Å². The van der Waals surface area contributed by atoms with Gasteiger partial charge in [-0.25, -0.2) is 0 Å². The van der Waals surface area contributed by atoms with Gasteiger partial charge in [-0.15, -0.1) is 0 Å². The number of rotatable bonds is 39. The van der Waals surface area contributed by atoms with E-state index >= 15 is 0 Å². The van der Waals surface area contributed by atoms with Crippen molar-refractivity contribution in [1.29, 1.82) is 0 Å². The molecule has 0 aliphatic rings. The van der Waals surface area contributed by atoms with E-state index in [-0.39, 0.29) is 26.1 Å². The molecule has 0 bridgehead atoms. The molecule has 0 spiro atoms. The molecule has 8 nitrogen and oxygen atoms in total. The smallest absolute Gasteiger partial charge is 0.306 e. The van der Waals surface area contributed by atoms with Gasteiger partial charge in [0.25, 0.3) is 7.82 Å². The first-order chi connectivity index (χ1) is 24.8. The predicted octanol–water partition coefficient (Wildman–Crippen LogP) is 12.4. The van der Waals surface area contributed by atoms with E-state index in [9.17, 15) is 19.0 Å². The largest absolute Gasteiger partial charge is 0.756 e. The Morgan fingerprint density at radius 2 is 0.902 bits per heavy atom. The summed E-state index contributed by atoms with van der Waals surface area (Å²) in [6.45, 7) is 5.58. The molecule has 300 valence electrons. The molecule has 0 aromatic rings. The molecule has 2 atom stereocenters. The van der Waals surface area contributed by atoms with Gasteiger partial charge in [-0.05, 0) is 70.6 Å². The van der Waals surface area contributed by atoms with Crippen LogP contribution in [0.5, 0.6) is 0 Å². The van der Waals surface area contributed by atoms with Crippen molar-refractivity contribution in [3.63, 3.8) is 0 Å². The summed E-state index contributed by atoms with van der Waals surface area (Å²) in [6, 6.07) is 0. The third-order valence-electron chi connectivity index (χ3n) is 8.89. The van der Waals surface area contributed by atoms with Crippen molar-refractivity contribution in [3.8, 4) is 0 Å². The molecule has 0 radical (unpaired) electrons.